The molecule has 1 saturated heterocycles. The van der Waals surface area contributed by atoms with Crippen LogP contribution in [-0.2, 0) is 16.1 Å². The predicted octanol–water partition coefficient (Wildman–Crippen LogP) is 3.60. The number of hydrogen-bond donors (Lipinski definition) is 2. The molecule has 9 nitrogen and oxygen atoms in total. The molecule has 202 valence electrons. The first-order valence-corrected chi connectivity index (χ1v) is 13.3. The van der Waals surface area contributed by atoms with Crippen LogP contribution in [0.5, 0.6) is 11.5 Å². The van der Waals surface area contributed by atoms with Crippen molar-refractivity contribution in [3.63, 3.8) is 0 Å². The Hall–Kier alpha value is -3.88. The number of imide groups is 1. The maximum absolute atomic E-state index is 12.8. The number of ether oxygens (including phenoxy) is 2. The van der Waals surface area contributed by atoms with Crippen molar-refractivity contribution in [1.29, 1.82) is 0 Å². The fraction of sp³-hybridized carbons (Fsp3) is 0.448. The molecule has 1 unspecified atom stereocenters. The summed E-state index contributed by atoms with van der Waals surface area (Å²) in [5.74, 6) is 0.378. The van der Waals surface area contributed by atoms with Crippen LogP contribution in [0.25, 0.3) is 0 Å². The largest absolute Gasteiger partial charge is 0.494 e. The van der Waals surface area contributed by atoms with E-state index in [1.165, 1.54) is 4.90 Å². The van der Waals surface area contributed by atoms with E-state index in [2.05, 4.69) is 10.6 Å². The minimum Gasteiger partial charge on any atom is -0.494 e. The highest BCUT2D eigenvalue weighted by atomic mass is 16.5. The first kappa shape index (κ1) is 27.2. The Labute approximate surface area is 222 Å². The Kier molecular flexibility index (Phi) is 8.99. The van der Waals surface area contributed by atoms with E-state index in [1.807, 2.05) is 32.0 Å². The molecule has 2 aliphatic heterocycles. The van der Waals surface area contributed by atoms with Crippen molar-refractivity contribution < 1.29 is 28.7 Å². The number of nitrogens with one attached hydrogen (secondary N) is 2. The molecular formula is C29H35N3O6. The van der Waals surface area contributed by atoms with Gasteiger partial charge in [-0.2, -0.15) is 0 Å². The molecule has 2 aromatic carbocycles. The Morgan fingerprint density at radius 3 is 2.66 bits per heavy atom. The summed E-state index contributed by atoms with van der Waals surface area (Å²) in [5.41, 5.74) is 1.99. The van der Waals surface area contributed by atoms with Crippen molar-refractivity contribution in [2.24, 2.45) is 0 Å². The Morgan fingerprint density at radius 2 is 1.87 bits per heavy atom. The number of unbranched alkanes of at least 4 members (excludes halogenated alkanes) is 3. The number of rotatable bonds is 12. The molecule has 0 spiro atoms. The molecule has 0 radical (unpaired) electrons. The minimum atomic E-state index is -0.620. The van der Waals surface area contributed by atoms with Gasteiger partial charge >= 0.3 is 0 Å². The smallest absolute Gasteiger partial charge is 0.255 e. The van der Waals surface area contributed by atoms with Crippen molar-refractivity contribution >= 4 is 23.6 Å². The zero-order chi connectivity index (χ0) is 27.1. The summed E-state index contributed by atoms with van der Waals surface area (Å²) in [6.07, 6.45) is 4.34. The topological polar surface area (TPSA) is 114 Å². The summed E-state index contributed by atoms with van der Waals surface area (Å²) in [6, 6.07) is 12.0. The van der Waals surface area contributed by atoms with Gasteiger partial charge in [-0.05, 0) is 75.1 Å². The van der Waals surface area contributed by atoms with E-state index in [0.717, 1.165) is 31.2 Å². The predicted molar refractivity (Wildman–Crippen MR) is 141 cm³/mol. The van der Waals surface area contributed by atoms with Gasteiger partial charge in [0.15, 0.2) is 0 Å². The lowest BCUT2D eigenvalue weighted by molar-refractivity contribution is -0.136. The van der Waals surface area contributed by atoms with Crippen LogP contribution in [0.4, 0.5) is 0 Å². The van der Waals surface area contributed by atoms with Gasteiger partial charge in [-0.15, -0.1) is 0 Å². The lowest BCUT2D eigenvalue weighted by Crippen LogP contribution is -2.52. The molecule has 0 aromatic heterocycles. The van der Waals surface area contributed by atoms with E-state index in [9.17, 15) is 19.2 Å². The van der Waals surface area contributed by atoms with Gasteiger partial charge in [-0.1, -0.05) is 18.9 Å². The van der Waals surface area contributed by atoms with Gasteiger partial charge < -0.3 is 19.7 Å². The molecule has 4 rings (SSSR count). The molecule has 9 heteroatoms. The molecule has 2 aromatic rings. The number of benzene rings is 2. The quantitative estimate of drug-likeness (QED) is 0.326. The zero-order valence-electron chi connectivity index (χ0n) is 22.0. The number of carbonyl (C=O) groups is 4. The molecular weight excluding hydrogens is 486 g/mol. The van der Waals surface area contributed by atoms with Crippen LogP contribution < -0.4 is 20.1 Å². The van der Waals surface area contributed by atoms with Gasteiger partial charge in [0.1, 0.15) is 17.5 Å². The third kappa shape index (κ3) is 6.90. The molecule has 1 fully saturated rings. The van der Waals surface area contributed by atoms with E-state index >= 15 is 0 Å². The van der Waals surface area contributed by atoms with Crippen LogP contribution in [0.3, 0.4) is 0 Å². The molecule has 0 bridgehead atoms. The number of amides is 4. The summed E-state index contributed by atoms with van der Waals surface area (Å²) >= 11 is 0. The maximum Gasteiger partial charge on any atom is 0.255 e. The van der Waals surface area contributed by atoms with Crippen LogP contribution in [0.1, 0.15) is 78.7 Å². The van der Waals surface area contributed by atoms with E-state index in [1.54, 1.807) is 24.3 Å². The number of nitrogens with zero attached hydrogens (tertiary/aromatic N) is 1. The molecule has 0 saturated carbocycles. The third-order valence-electron chi connectivity index (χ3n) is 6.59. The summed E-state index contributed by atoms with van der Waals surface area (Å²) in [7, 11) is 0. The van der Waals surface area contributed by atoms with Gasteiger partial charge in [-0.25, -0.2) is 0 Å². The third-order valence-corrected chi connectivity index (χ3v) is 6.59. The molecule has 38 heavy (non-hydrogen) atoms. The highest BCUT2D eigenvalue weighted by Gasteiger charge is 2.39. The zero-order valence-corrected chi connectivity index (χ0v) is 22.0. The van der Waals surface area contributed by atoms with E-state index in [-0.39, 0.29) is 30.2 Å². The Morgan fingerprint density at radius 1 is 1.05 bits per heavy atom. The van der Waals surface area contributed by atoms with Crippen molar-refractivity contribution in [2.45, 2.75) is 71.1 Å². The van der Waals surface area contributed by atoms with Crippen molar-refractivity contribution in [1.82, 2.24) is 15.5 Å². The maximum atomic E-state index is 12.8. The lowest BCUT2D eigenvalue weighted by atomic mass is 10.0. The first-order chi connectivity index (χ1) is 18.3. The second-order valence-corrected chi connectivity index (χ2v) is 9.93. The summed E-state index contributed by atoms with van der Waals surface area (Å²) in [4.78, 5) is 50.3. The van der Waals surface area contributed by atoms with Crippen LogP contribution in [0, 0.1) is 0 Å². The number of carbonyl (C=O) groups excluding carboxylic acids is 4. The van der Waals surface area contributed by atoms with Crippen molar-refractivity contribution in [2.75, 3.05) is 13.2 Å². The average Bonchev–Trinajstić information content (AvgIpc) is 3.20. The molecule has 1 atom stereocenters. The second-order valence-electron chi connectivity index (χ2n) is 9.93. The van der Waals surface area contributed by atoms with Crippen LogP contribution >= 0.6 is 0 Å². The van der Waals surface area contributed by atoms with Gasteiger partial charge in [-0.3, -0.25) is 24.5 Å². The number of piperidine rings is 1. The van der Waals surface area contributed by atoms with Gasteiger partial charge in [0.05, 0.1) is 12.7 Å². The van der Waals surface area contributed by atoms with Gasteiger partial charge in [0.25, 0.3) is 11.8 Å². The highest BCUT2D eigenvalue weighted by molar-refractivity contribution is 6.05. The Bertz CT molecular complexity index is 1190. The molecule has 0 aliphatic carbocycles. The molecule has 2 N–H and O–H groups in total. The highest BCUT2D eigenvalue weighted by Crippen LogP contribution is 2.30. The summed E-state index contributed by atoms with van der Waals surface area (Å²) in [5, 5.41) is 5.27. The average molecular weight is 522 g/mol. The minimum absolute atomic E-state index is 0.0551. The first-order valence-electron chi connectivity index (χ1n) is 13.3. The molecule has 2 heterocycles. The lowest BCUT2D eigenvalue weighted by Gasteiger charge is -2.29. The number of hydrogen-bond acceptors (Lipinski definition) is 6. The van der Waals surface area contributed by atoms with E-state index in [4.69, 9.17) is 9.47 Å². The van der Waals surface area contributed by atoms with E-state index in [0.29, 0.717) is 48.7 Å². The molecule has 2 aliphatic rings. The Balaban J connectivity index is 1.13. The van der Waals surface area contributed by atoms with Crippen molar-refractivity contribution in [3.05, 3.63) is 59.2 Å². The molecule has 4 amide bonds. The fourth-order valence-corrected chi connectivity index (χ4v) is 4.70. The van der Waals surface area contributed by atoms with Crippen LogP contribution in [-0.4, -0.2) is 53.8 Å². The van der Waals surface area contributed by atoms with E-state index < -0.39 is 11.9 Å². The second kappa shape index (κ2) is 12.6. The number of fused-ring (bicyclic) bond motifs is 1. The van der Waals surface area contributed by atoms with Gasteiger partial charge in [0, 0.05) is 30.6 Å². The van der Waals surface area contributed by atoms with Crippen LogP contribution in [0.2, 0.25) is 0 Å². The van der Waals surface area contributed by atoms with Crippen molar-refractivity contribution in [3.8, 4) is 11.5 Å². The monoisotopic (exact) mass is 521 g/mol. The van der Waals surface area contributed by atoms with Crippen LogP contribution in [0.15, 0.2) is 42.5 Å². The standard InChI is InChI=1S/C29H35N3O6/c1-19(2)38-23-9-7-8-20(16-23)27(34)30-14-5-3-4-6-15-37-22-10-11-24-21(17-22)18-32(29(24)36)25-12-13-26(33)31-28(25)35/h7-11,16-17,19,25H,3-6,12-15,18H2,1-2H3,(H,30,34)(H,31,33,35). The fourth-order valence-electron chi connectivity index (χ4n) is 4.70. The normalized spacial score (nSPS) is 16.9. The van der Waals surface area contributed by atoms with Gasteiger partial charge in [0.2, 0.25) is 11.8 Å². The summed E-state index contributed by atoms with van der Waals surface area (Å²) in [6.45, 7) is 5.39. The SMILES string of the molecule is CC(C)Oc1cccc(C(=O)NCCCCCCOc2ccc3c(c2)CN(C2CCC(=O)NC2=O)C3=O)c1. The summed E-state index contributed by atoms with van der Waals surface area (Å²) < 4.78 is 11.5.